The summed E-state index contributed by atoms with van der Waals surface area (Å²) in [4.78, 5) is 27.0. The van der Waals surface area contributed by atoms with Crippen LogP contribution < -0.4 is 10.0 Å². The van der Waals surface area contributed by atoms with Crippen molar-refractivity contribution in [1.29, 1.82) is 0 Å². The van der Waals surface area contributed by atoms with E-state index in [9.17, 15) is 18.0 Å². The second-order valence-corrected chi connectivity index (χ2v) is 9.58. The van der Waals surface area contributed by atoms with Crippen LogP contribution in [0, 0.1) is 5.92 Å². The molecule has 1 aromatic carbocycles. The molecular weight excluding hydrogens is 414 g/mol. The Hall–Kier alpha value is -1.64. The number of amides is 2. The molecule has 1 saturated heterocycles. The normalized spacial score (nSPS) is 17.2. The van der Waals surface area contributed by atoms with E-state index in [0.717, 1.165) is 32.1 Å². The molecule has 0 bridgehead atoms. The summed E-state index contributed by atoms with van der Waals surface area (Å²) in [5.74, 6) is -0.651. The van der Waals surface area contributed by atoms with Crippen LogP contribution in [0.25, 0.3) is 0 Å². The number of nitrogens with zero attached hydrogens (tertiary/aromatic N) is 1. The van der Waals surface area contributed by atoms with Crippen molar-refractivity contribution >= 4 is 33.4 Å². The van der Waals surface area contributed by atoms with Crippen molar-refractivity contribution in [2.24, 2.45) is 5.92 Å². The van der Waals surface area contributed by atoms with Gasteiger partial charge in [-0.1, -0.05) is 37.8 Å². The Morgan fingerprint density at radius 3 is 2.69 bits per heavy atom. The molecule has 162 valence electrons. The highest BCUT2D eigenvalue weighted by molar-refractivity contribution is 7.89. The highest BCUT2D eigenvalue weighted by Gasteiger charge is 2.30. The van der Waals surface area contributed by atoms with E-state index in [0.29, 0.717) is 26.1 Å². The van der Waals surface area contributed by atoms with E-state index in [1.54, 1.807) is 4.90 Å². The molecule has 2 N–H and O–H groups in total. The first kappa shape index (κ1) is 23.6. The topological polar surface area (TPSA) is 95.6 Å². The van der Waals surface area contributed by atoms with Crippen molar-refractivity contribution in [1.82, 2.24) is 14.9 Å². The Labute approximate surface area is 178 Å². The lowest BCUT2D eigenvalue weighted by Crippen LogP contribution is -2.45. The molecule has 0 spiro atoms. The lowest BCUT2D eigenvalue weighted by Gasteiger charge is -2.32. The van der Waals surface area contributed by atoms with Gasteiger partial charge in [0.25, 0.3) is 5.91 Å². The number of sulfonamides is 1. The van der Waals surface area contributed by atoms with Crippen LogP contribution in [0.1, 0.15) is 55.8 Å². The van der Waals surface area contributed by atoms with Gasteiger partial charge >= 0.3 is 0 Å². The molecule has 0 radical (unpaired) electrons. The van der Waals surface area contributed by atoms with Crippen molar-refractivity contribution in [2.45, 2.75) is 50.3 Å². The Balaban J connectivity index is 2.04. The predicted molar refractivity (Wildman–Crippen MR) is 113 cm³/mol. The van der Waals surface area contributed by atoms with Crippen LogP contribution in [0.3, 0.4) is 0 Å². The molecule has 1 fully saturated rings. The SMILES string of the molecule is CCCCCCNC(=O)C1CCCN(C(=O)c2cc(S(=O)(=O)NC)ccc2Cl)C1. The van der Waals surface area contributed by atoms with Crippen LogP contribution in [0.15, 0.2) is 23.1 Å². The summed E-state index contributed by atoms with van der Waals surface area (Å²) >= 11 is 6.17. The van der Waals surface area contributed by atoms with Crippen LogP contribution in [0.5, 0.6) is 0 Å². The third kappa shape index (κ3) is 6.42. The lowest BCUT2D eigenvalue weighted by molar-refractivity contribution is -0.126. The maximum absolute atomic E-state index is 13.0. The molecule has 7 nitrogen and oxygen atoms in total. The van der Waals surface area contributed by atoms with Gasteiger partial charge in [-0.3, -0.25) is 9.59 Å². The second kappa shape index (κ2) is 10.9. The number of nitrogens with one attached hydrogen (secondary N) is 2. The molecule has 1 atom stereocenters. The molecule has 1 heterocycles. The molecule has 9 heteroatoms. The fourth-order valence-corrected chi connectivity index (χ4v) is 4.36. The first-order chi connectivity index (χ1) is 13.8. The number of carbonyl (C=O) groups excluding carboxylic acids is 2. The maximum atomic E-state index is 13.0. The van der Waals surface area contributed by atoms with Gasteiger partial charge < -0.3 is 10.2 Å². The van der Waals surface area contributed by atoms with Gasteiger partial charge in [-0.05, 0) is 44.5 Å². The van der Waals surface area contributed by atoms with Gasteiger partial charge in [0.1, 0.15) is 0 Å². The van der Waals surface area contributed by atoms with Crippen molar-refractivity contribution in [3.05, 3.63) is 28.8 Å². The third-order valence-corrected chi connectivity index (χ3v) is 6.90. The lowest BCUT2D eigenvalue weighted by atomic mass is 9.96. The van der Waals surface area contributed by atoms with E-state index in [-0.39, 0.29) is 33.2 Å². The molecule has 1 aliphatic rings. The number of carbonyl (C=O) groups is 2. The molecule has 0 aliphatic carbocycles. The molecule has 2 rings (SSSR count). The van der Waals surface area contributed by atoms with Gasteiger partial charge in [0.15, 0.2) is 0 Å². The van der Waals surface area contributed by atoms with Crippen LogP contribution in [-0.2, 0) is 14.8 Å². The maximum Gasteiger partial charge on any atom is 0.255 e. The summed E-state index contributed by atoms with van der Waals surface area (Å²) in [7, 11) is -2.38. The van der Waals surface area contributed by atoms with Gasteiger partial charge in [-0.2, -0.15) is 0 Å². The molecule has 1 unspecified atom stereocenters. The van der Waals surface area contributed by atoms with Crippen molar-refractivity contribution in [2.75, 3.05) is 26.7 Å². The summed E-state index contributed by atoms with van der Waals surface area (Å²) < 4.78 is 26.3. The van der Waals surface area contributed by atoms with Crippen LogP contribution in [0.2, 0.25) is 5.02 Å². The van der Waals surface area contributed by atoms with E-state index in [2.05, 4.69) is 17.0 Å². The number of likely N-dealkylation sites (tertiary alicyclic amines) is 1. The summed E-state index contributed by atoms with van der Waals surface area (Å²) in [6.45, 7) is 3.61. The molecule has 1 aliphatic heterocycles. The fraction of sp³-hybridized carbons (Fsp3) is 0.600. The number of halogens is 1. The summed E-state index contributed by atoms with van der Waals surface area (Å²) in [5.41, 5.74) is 0.128. The zero-order valence-electron chi connectivity index (χ0n) is 17.0. The van der Waals surface area contributed by atoms with E-state index in [1.165, 1.54) is 25.2 Å². The zero-order valence-corrected chi connectivity index (χ0v) is 18.6. The quantitative estimate of drug-likeness (QED) is 0.573. The number of hydrogen-bond donors (Lipinski definition) is 2. The average Bonchev–Trinajstić information content (AvgIpc) is 2.73. The second-order valence-electron chi connectivity index (χ2n) is 7.29. The van der Waals surface area contributed by atoms with Gasteiger partial charge in [-0.25, -0.2) is 13.1 Å². The molecule has 29 heavy (non-hydrogen) atoms. The third-order valence-electron chi connectivity index (χ3n) is 5.16. The largest absolute Gasteiger partial charge is 0.356 e. The minimum atomic E-state index is -3.69. The first-order valence-corrected chi connectivity index (χ1v) is 12.0. The molecular formula is C20H30ClN3O4S. The molecule has 0 saturated carbocycles. The molecule has 2 amide bonds. The number of hydrogen-bond acceptors (Lipinski definition) is 4. The standard InChI is InChI=1S/C20H30ClN3O4S/c1-3-4-5-6-11-23-19(25)15-8-7-12-24(14-15)20(26)17-13-16(9-10-18(17)21)29(27,28)22-2/h9-10,13,15,22H,3-8,11-12,14H2,1-2H3,(H,23,25). The fourth-order valence-electron chi connectivity index (χ4n) is 3.41. The molecule has 1 aromatic rings. The monoisotopic (exact) mass is 443 g/mol. The number of benzene rings is 1. The minimum absolute atomic E-state index is 0.0221. The summed E-state index contributed by atoms with van der Waals surface area (Å²) in [6, 6.07) is 4.05. The number of rotatable bonds is 9. The van der Waals surface area contributed by atoms with Gasteiger partial charge in [0.05, 0.1) is 21.4 Å². The van der Waals surface area contributed by atoms with E-state index < -0.39 is 10.0 Å². The Kier molecular flexibility index (Phi) is 8.92. The number of unbranched alkanes of at least 4 members (excludes halogenated alkanes) is 3. The molecule has 0 aromatic heterocycles. The Morgan fingerprint density at radius 1 is 1.24 bits per heavy atom. The van der Waals surface area contributed by atoms with Crippen molar-refractivity contribution < 1.29 is 18.0 Å². The first-order valence-electron chi connectivity index (χ1n) is 10.1. The van der Waals surface area contributed by atoms with Gasteiger partial charge in [0, 0.05) is 19.6 Å². The van der Waals surface area contributed by atoms with Crippen molar-refractivity contribution in [3.8, 4) is 0 Å². The average molecular weight is 444 g/mol. The van der Waals surface area contributed by atoms with Crippen LogP contribution in [-0.4, -0.2) is 51.8 Å². The van der Waals surface area contributed by atoms with E-state index in [1.807, 2.05) is 0 Å². The van der Waals surface area contributed by atoms with Crippen LogP contribution in [0.4, 0.5) is 0 Å². The van der Waals surface area contributed by atoms with E-state index >= 15 is 0 Å². The van der Waals surface area contributed by atoms with Crippen molar-refractivity contribution in [3.63, 3.8) is 0 Å². The smallest absolute Gasteiger partial charge is 0.255 e. The van der Waals surface area contributed by atoms with Crippen LogP contribution >= 0.6 is 11.6 Å². The zero-order chi connectivity index (χ0) is 21.4. The van der Waals surface area contributed by atoms with E-state index in [4.69, 9.17) is 11.6 Å². The predicted octanol–water partition coefficient (Wildman–Crippen LogP) is 2.80. The summed E-state index contributed by atoms with van der Waals surface area (Å²) in [6.07, 6.45) is 5.80. The minimum Gasteiger partial charge on any atom is -0.356 e. The number of piperidine rings is 1. The Bertz CT molecular complexity index is 829. The van der Waals surface area contributed by atoms with Gasteiger partial charge in [-0.15, -0.1) is 0 Å². The highest BCUT2D eigenvalue weighted by Crippen LogP contribution is 2.25. The van der Waals surface area contributed by atoms with Gasteiger partial charge in [0.2, 0.25) is 15.9 Å². The summed E-state index contributed by atoms with van der Waals surface area (Å²) in [5, 5.41) is 3.16. The highest BCUT2D eigenvalue weighted by atomic mass is 35.5. The Morgan fingerprint density at radius 2 is 2.00 bits per heavy atom.